The Balaban J connectivity index is 1.65. The zero-order valence-corrected chi connectivity index (χ0v) is 12.3. The molecule has 2 N–H and O–H groups in total. The smallest absolute Gasteiger partial charge is 0.0421 e. The molecular weight excluding hydrogens is 262 g/mol. The standard InChI is InChI=1S/C18H19NS/c19-18(10-9-13-5-1-3-7-16(13)18)11-14-12-20-17-8-4-2-6-15(14)17/h1-8,14H,9-12,19H2. The van der Waals surface area contributed by atoms with Crippen LogP contribution in [0.25, 0.3) is 0 Å². The third kappa shape index (κ3) is 1.90. The Morgan fingerprint density at radius 1 is 1.10 bits per heavy atom. The third-order valence-corrected chi connectivity index (χ3v) is 6.06. The van der Waals surface area contributed by atoms with Crippen LogP contribution in [-0.2, 0) is 12.0 Å². The van der Waals surface area contributed by atoms with Crippen molar-refractivity contribution in [3.8, 4) is 0 Å². The summed E-state index contributed by atoms with van der Waals surface area (Å²) in [5, 5.41) is 0. The molecule has 0 saturated heterocycles. The van der Waals surface area contributed by atoms with Crippen LogP contribution in [0.4, 0.5) is 0 Å². The van der Waals surface area contributed by atoms with Crippen molar-refractivity contribution in [2.45, 2.75) is 35.6 Å². The molecule has 1 heterocycles. The predicted molar refractivity (Wildman–Crippen MR) is 85.2 cm³/mol. The van der Waals surface area contributed by atoms with Gasteiger partial charge < -0.3 is 5.73 Å². The lowest BCUT2D eigenvalue weighted by Crippen LogP contribution is -2.36. The summed E-state index contributed by atoms with van der Waals surface area (Å²) in [6.45, 7) is 0. The largest absolute Gasteiger partial charge is 0.321 e. The van der Waals surface area contributed by atoms with Crippen LogP contribution >= 0.6 is 11.8 Å². The zero-order chi connectivity index (χ0) is 13.6. The maximum Gasteiger partial charge on any atom is 0.0421 e. The van der Waals surface area contributed by atoms with E-state index in [9.17, 15) is 0 Å². The molecule has 102 valence electrons. The number of rotatable bonds is 2. The van der Waals surface area contributed by atoms with Gasteiger partial charge in [0.2, 0.25) is 0 Å². The molecule has 2 heteroatoms. The van der Waals surface area contributed by atoms with Crippen LogP contribution in [0.3, 0.4) is 0 Å². The van der Waals surface area contributed by atoms with Crippen LogP contribution in [0.5, 0.6) is 0 Å². The van der Waals surface area contributed by atoms with E-state index in [1.165, 1.54) is 27.3 Å². The number of fused-ring (bicyclic) bond motifs is 2. The summed E-state index contributed by atoms with van der Waals surface area (Å²) in [5.41, 5.74) is 11.0. The van der Waals surface area contributed by atoms with Gasteiger partial charge in [-0.3, -0.25) is 0 Å². The topological polar surface area (TPSA) is 26.0 Å². The van der Waals surface area contributed by atoms with Gasteiger partial charge in [-0.05, 0) is 47.9 Å². The van der Waals surface area contributed by atoms with Gasteiger partial charge in [-0.15, -0.1) is 11.8 Å². The Morgan fingerprint density at radius 3 is 2.85 bits per heavy atom. The van der Waals surface area contributed by atoms with E-state index in [4.69, 9.17) is 5.73 Å². The maximum absolute atomic E-state index is 6.80. The Kier molecular flexibility index (Phi) is 2.90. The maximum atomic E-state index is 6.80. The van der Waals surface area contributed by atoms with E-state index in [1.807, 2.05) is 11.8 Å². The summed E-state index contributed by atoms with van der Waals surface area (Å²) in [6, 6.07) is 17.5. The second kappa shape index (κ2) is 4.64. The second-order valence-electron chi connectivity index (χ2n) is 6.06. The van der Waals surface area contributed by atoms with Gasteiger partial charge >= 0.3 is 0 Å². The van der Waals surface area contributed by atoms with Crippen LogP contribution < -0.4 is 5.73 Å². The Hall–Kier alpha value is -1.25. The van der Waals surface area contributed by atoms with Gasteiger partial charge in [-0.2, -0.15) is 0 Å². The van der Waals surface area contributed by atoms with Crippen molar-refractivity contribution in [1.82, 2.24) is 0 Å². The van der Waals surface area contributed by atoms with Crippen molar-refractivity contribution in [2.24, 2.45) is 5.73 Å². The monoisotopic (exact) mass is 281 g/mol. The molecule has 2 atom stereocenters. The van der Waals surface area contributed by atoms with Gasteiger partial charge in [-0.25, -0.2) is 0 Å². The fraction of sp³-hybridized carbons (Fsp3) is 0.333. The molecule has 2 aliphatic rings. The van der Waals surface area contributed by atoms with E-state index >= 15 is 0 Å². The van der Waals surface area contributed by atoms with Crippen molar-refractivity contribution < 1.29 is 0 Å². The summed E-state index contributed by atoms with van der Waals surface area (Å²) >= 11 is 1.98. The average molecular weight is 281 g/mol. The first-order valence-corrected chi connectivity index (χ1v) is 8.34. The molecule has 2 aromatic carbocycles. The predicted octanol–water partition coefficient (Wildman–Crippen LogP) is 4.07. The van der Waals surface area contributed by atoms with E-state index in [1.54, 1.807) is 0 Å². The minimum absolute atomic E-state index is 0.126. The van der Waals surface area contributed by atoms with E-state index in [0.717, 1.165) is 19.3 Å². The Bertz CT molecular complexity index is 651. The molecule has 2 aromatic rings. The third-order valence-electron chi connectivity index (χ3n) is 4.80. The molecule has 1 aliphatic heterocycles. The fourth-order valence-corrected chi connectivity index (χ4v) is 5.02. The van der Waals surface area contributed by atoms with E-state index in [-0.39, 0.29) is 5.54 Å². The number of hydrogen-bond acceptors (Lipinski definition) is 2. The van der Waals surface area contributed by atoms with Gasteiger partial charge in [0.1, 0.15) is 0 Å². The summed E-state index contributed by atoms with van der Waals surface area (Å²) < 4.78 is 0. The molecule has 0 fully saturated rings. The van der Waals surface area contributed by atoms with Gasteiger partial charge in [0.25, 0.3) is 0 Å². The van der Waals surface area contributed by atoms with Crippen LogP contribution in [-0.4, -0.2) is 5.75 Å². The molecule has 0 amide bonds. The highest BCUT2D eigenvalue weighted by Gasteiger charge is 2.38. The molecule has 1 nitrogen and oxygen atoms in total. The number of benzene rings is 2. The SMILES string of the molecule is NC1(CC2CSc3ccccc32)CCc2ccccc21. The zero-order valence-electron chi connectivity index (χ0n) is 11.5. The molecule has 0 saturated carbocycles. The van der Waals surface area contributed by atoms with Crippen molar-refractivity contribution >= 4 is 11.8 Å². The summed E-state index contributed by atoms with van der Waals surface area (Å²) in [6.07, 6.45) is 3.30. The van der Waals surface area contributed by atoms with Crippen molar-refractivity contribution in [2.75, 3.05) is 5.75 Å². The van der Waals surface area contributed by atoms with Crippen LogP contribution in [0, 0.1) is 0 Å². The van der Waals surface area contributed by atoms with Gasteiger partial charge in [0.05, 0.1) is 0 Å². The minimum atomic E-state index is -0.126. The molecule has 2 unspecified atom stereocenters. The number of hydrogen-bond donors (Lipinski definition) is 1. The minimum Gasteiger partial charge on any atom is -0.321 e. The first-order valence-electron chi connectivity index (χ1n) is 7.35. The van der Waals surface area contributed by atoms with Crippen molar-refractivity contribution in [3.63, 3.8) is 0 Å². The van der Waals surface area contributed by atoms with Gasteiger partial charge in [0, 0.05) is 16.2 Å². The summed E-state index contributed by atoms with van der Waals surface area (Å²) in [4.78, 5) is 1.45. The highest BCUT2D eigenvalue weighted by molar-refractivity contribution is 7.99. The molecular formula is C18H19NS. The second-order valence-corrected chi connectivity index (χ2v) is 7.12. The first kappa shape index (κ1) is 12.5. The molecule has 0 aromatic heterocycles. The van der Waals surface area contributed by atoms with Gasteiger partial charge in [-0.1, -0.05) is 42.5 Å². The molecule has 20 heavy (non-hydrogen) atoms. The molecule has 0 bridgehead atoms. The quantitative estimate of drug-likeness (QED) is 0.898. The lowest BCUT2D eigenvalue weighted by molar-refractivity contribution is 0.380. The van der Waals surface area contributed by atoms with Gasteiger partial charge in [0.15, 0.2) is 0 Å². The lowest BCUT2D eigenvalue weighted by Gasteiger charge is -2.29. The van der Waals surface area contributed by atoms with E-state index in [2.05, 4.69) is 48.5 Å². The van der Waals surface area contributed by atoms with Crippen molar-refractivity contribution in [3.05, 3.63) is 65.2 Å². The van der Waals surface area contributed by atoms with E-state index < -0.39 is 0 Å². The highest BCUT2D eigenvalue weighted by Crippen LogP contribution is 2.47. The highest BCUT2D eigenvalue weighted by atomic mass is 32.2. The fourth-order valence-electron chi connectivity index (χ4n) is 3.77. The van der Waals surface area contributed by atoms with Crippen molar-refractivity contribution in [1.29, 1.82) is 0 Å². The molecule has 0 spiro atoms. The Morgan fingerprint density at radius 2 is 1.90 bits per heavy atom. The molecule has 4 rings (SSSR count). The summed E-state index contributed by atoms with van der Waals surface area (Å²) in [5.74, 6) is 1.79. The average Bonchev–Trinajstić information content (AvgIpc) is 3.03. The van der Waals surface area contributed by atoms with Crippen LogP contribution in [0.2, 0.25) is 0 Å². The number of thioether (sulfide) groups is 1. The first-order chi connectivity index (χ1) is 9.76. The Labute approximate surface area is 124 Å². The normalized spacial score (nSPS) is 27.4. The number of nitrogens with two attached hydrogens (primary N) is 1. The molecule has 1 aliphatic carbocycles. The van der Waals surface area contributed by atoms with E-state index in [0.29, 0.717) is 5.92 Å². The van der Waals surface area contributed by atoms with Crippen LogP contribution in [0.1, 0.15) is 35.4 Å². The number of aryl methyl sites for hydroxylation is 1. The van der Waals surface area contributed by atoms with Crippen LogP contribution in [0.15, 0.2) is 53.4 Å². The lowest BCUT2D eigenvalue weighted by atomic mass is 9.81. The molecule has 0 radical (unpaired) electrons. The summed E-state index contributed by atoms with van der Waals surface area (Å²) in [7, 11) is 0.